The SMILES string of the molecule is O=C(CCCC#Cc1ccc(O)cc1F)NC1=C(C(=O)O)CCCC1. The molecule has 0 heterocycles. The number of aliphatic carboxylic acids is 1. The second-order valence-corrected chi connectivity index (χ2v) is 5.84. The molecule has 3 N–H and O–H groups in total. The minimum absolute atomic E-state index is 0.155. The van der Waals surface area contributed by atoms with Gasteiger partial charge in [-0.15, -0.1) is 0 Å². The number of amides is 1. The highest BCUT2D eigenvalue weighted by molar-refractivity contribution is 5.89. The van der Waals surface area contributed by atoms with Crippen molar-refractivity contribution >= 4 is 11.9 Å². The molecule has 0 saturated carbocycles. The molecule has 132 valence electrons. The third kappa shape index (κ3) is 5.64. The van der Waals surface area contributed by atoms with E-state index in [0.717, 1.165) is 18.9 Å². The maximum absolute atomic E-state index is 13.5. The van der Waals surface area contributed by atoms with Crippen LogP contribution in [-0.2, 0) is 9.59 Å². The van der Waals surface area contributed by atoms with Crippen LogP contribution in [-0.4, -0.2) is 22.1 Å². The quantitative estimate of drug-likeness (QED) is 0.565. The molecular formula is C19H20FNO4. The number of rotatable bonds is 5. The van der Waals surface area contributed by atoms with Crippen LogP contribution in [0.5, 0.6) is 5.75 Å². The van der Waals surface area contributed by atoms with Crippen LogP contribution in [0, 0.1) is 17.7 Å². The lowest BCUT2D eigenvalue weighted by atomic mass is 9.96. The Hall–Kier alpha value is -2.81. The van der Waals surface area contributed by atoms with E-state index in [4.69, 9.17) is 10.2 Å². The molecule has 0 atom stereocenters. The smallest absolute Gasteiger partial charge is 0.333 e. The lowest BCUT2D eigenvalue weighted by Crippen LogP contribution is -2.27. The van der Waals surface area contributed by atoms with Crippen molar-refractivity contribution in [2.24, 2.45) is 0 Å². The number of carbonyl (C=O) groups is 2. The summed E-state index contributed by atoms with van der Waals surface area (Å²) in [6, 6.07) is 3.75. The molecule has 1 aromatic rings. The Kier molecular flexibility index (Phi) is 6.58. The first-order valence-electron chi connectivity index (χ1n) is 8.20. The first kappa shape index (κ1) is 18.5. The Morgan fingerprint density at radius 2 is 2.00 bits per heavy atom. The van der Waals surface area contributed by atoms with Crippen molar-refractivity contribution in [1.82, 2.24) is 5.32 Å². The Morgan fingerprint density at radius 3 is 2.72 bits per heavy atom. The van der Waals surface area contributed by atoms with E-state index in [1.54, 1.807) is 0 Å². The highest BCUT2D eigenvalue weighted by Gasteiger charge is 2.19. The van der Waals surface area contributed by atoms with Gasteiger partial charge >= 0.3 is 5.97 Å². The van der Waals surface area contributed by atoms with Gasteiger partial charge in [0.15, 0.2) is 0 Å². The van der Waals surface area contributed by atoms with Gasteiger partial charge in [0.2, 0.25) is 5.91 Å². The van der Waals surface area contributed by atoms with Crippen molar-refractivity contribution in [3.63, 3.8) is 0 Å². The van der Waals surface area contributed by atoms with Gasteiger partial charge in [0.25, 0.3) is 0 Å². The molecule has 6 heteroatoms. The predicted octanol–water partition coefficient (Wildman–Crippen LogP) is 3.08. The molecule has 0 aliphatic heterocycles. The van der Waals surface area contributed by atoms with Crippen LogP contribution < -0.4 is 5.32 Å². The molecule has 0 unspecified atom stereocenters. The van der Waals surface area contributed by atoms with Gasteiger partial charge in [-0.1, -0.05) is 11.8 Å². The van der Waals surface area contributed by atoms with E-state index in [9.17, 15) is 14.0 Å². The number of benzene rings is 1. The van der Waals surface area contributed by atoms with Gasteiger partial charge in [-0.25, -0.2) is 9.18 Å². The number of carboxylic acid groups (broad SMARTS) is 1. The number of hydrogen-bond acceptors (Lipinski definition) is 3. The maximum atomic E-state index is 13.5. The summed E-state index contributed by atoms with van der Waals surface area (Å²) in [5, 5.41) is 21.0. The molecule has 1 aliphatic carbocycles. The Balaban J connectivity index is 1.81. The molecule has 2 rings (SSSR count). The van der Waals surface area contributed by atoms with Crippen molar-refractivity contribution < 1.29 is 24.2 Å². The molecular weight excluding hydrogens is 325 g/mol. The van der Waals surface area contributed by atoms with E-state index in [1.807, 2.05) is 0 Å². The average molecular weight is 345 g/mol. The molecule has 5 nitrogen and oxygen atoms in total. The van der Waals surface area contributed by atoms with Crippen LogP contribution in [0.2, 0.25) is 0 Å². The summed E-state index contributed by atoms with van der Waals surface area (Å²) < 4.78 is 13.5. The topological polar surface area (TPSA) is 86.6 Å². The van der Waals surface area contributed by atoms with Crippen molar-refractivity contribution in [3.8, 4) is 17.6 Å². The fourth-order valence-electron chi connectivity index (χ4n) is 2.61. The predicted molar refractivity (Wildman–Crippen MR) is 90.1 cm³/mol. The number of carboxylic acids is 1. The molecule has 25 heavy (non-hydrogen) atoms. The average Bonchev–Trinajstić information content (AvgIpc) is 2.56. The Morgan fingerprint density at radius 1 is 1.24 bits per heavy atom. The first-order valence-corrected chi connectivity index (χ1v) is 8.20. The summed E-state index contributed by atoms with van der Waals surface area (Å²) >= 11 is 0. The zero-order valence-corrected chi connectivity index (χ0v) is 13.8. The van der Waals surface area contributed by atoms with Crippen LogP contribution in [0.3, 0.4) is 0 Å². The number of phenols is 1. The van der Waals surface area contributed by atoms with E-state index < -0.39 is 11.8 Å². The maximum Gasteiger partial charge on any atom is 0.333 e. The number of carbonyl (C=O) groups excluding carboxylic acids is 1. The van der Waals surface area contributed by atoms with E-state index in [0.29, 0.717) is 37.0 Å². The second kappa shape index (κ2) is 8.88. The van der Waals surface area contributed by atoms with Crippen molar-refractivity contribution in [2.45, 2.75) is 44.9 Å². The van der Waals surface area contributed by atoms with Crippen LogP contribution in [0.15, 0.2) is 29.5 Å². The highest BCUT2D eigenvalue weighted by atomic mass is 19.1. The number of nitrogens with one attached hydrogen (secondary N) is 1. The third-order valence-corrected chi connectivity index (χ3v) is 3.90. The molecule has 1 aromatic carbocycles. The second-order valence-electron chi connectivity index (χ2n) is 5.84. The number of allylic oxidation sites excluding steroid dienone is 1. The number of phenolic OH excluding ortho intramolecular Hbond substituents is 1. The van der Waals surface area contributed by atoms with Gasteiger partial charge < -0.3 is 15.5 Å². The lowest BCUT2D eigenvalue weighted by Gasteiger charge is -2.18. The van der Waals surface area contributed by atoms with E-state index in [2.05, 4.69) is 17.2 Å². The summed E-state index contributed by atoms with van der Waals surface area (Å²) in [6.07, 6.45) is 3.89. The minimum Gasteiger partial charge on any atom is -0.508 e. The fourth-order valence-corrected chi connectivity index (χ4v) is 2.61. The van der Waals surface area contributed by atoms with E-state index in [1.165, 1.54) is 12.1 Å². The molecule has 0 radical (unpaired) electrons. The van der Waals surface area contributed by atoms with Crippen LogP contribution in [0.25, 0.3) is 0 Å². The van der Waals surface area contributed by atoms with Gasteiger partial charge in [0.05, 0.1) is 11.1 Å². The summed E-state index contributed by atoms with van der Waals surface area (Å²) in [7, 11) is 0. The molecule has 0 spiro atoms. The first-order chi connectivity index (χ1) is 12.0. The number of aromatic hydroxyl groups is 1. The van der Waals surface area contributed by atoms with Gasteiger partial charge in [-0.05, 0) is 44.2 Å². The molecule has 0 bridgehead atoms. The summed E-state index contributed by atoms with van der Waals surface area (Å²) in [5.74, 6) is 3.51. The van der Waals surface area contributed by atoms with Gasteiger partial charge in [0, 0.05) is 24.6 Å². The molecule has 1 amide bonds. The normalized spacial score (nSPS) is 13.8. The third-order valence-electron chi connectivity index (χ3n) is 3.90. The lowest BCUT2D eigenvalue weighted by molar-refractivity contribution is -0.133. The van der Waals surface area contributed by atoms with Crippen molar-refractivity contribution in [1.29, 1.82) is 0 Å². The fraction of sp³-hybridized carbons (Fsp3) is 0.368. The standard InChI is InChI=1S/C19H20FNO4/c20-16-12-14(22)11-10-13(16)6-2-1-3-9-18(23)21-17-8-5-4-7-15(17)19(24)25/h10-12,22H,1,3-5,7-9H2,(H,21,23)(H,24,25). The largest absolute Gasteiger partial charge is 0.508 e. The van der Waals surface area contributed by atoms with Crippen LogP contribution in [0.1, 0.15) is 50.5 Å². The molecule has 0 aromatic heterocycles. The van der Waals surface area contributed by atoms with Gasteiger partial charge in [-0.2, -0.15) is 0 Å². The van der Waals surface area contributed by atoms with E-state index in [-0.39, 0.29) is 23.6 Å². The zero-order chi connectivity index (χ0) is 18.2. The van der Waals surface area contributed by atoms with Crippen molar-refractivity contribution in [2.75, 3.05) is 0 Å². The number of halogens is 1. The van der Waals surface area contributed by atoms with Gasteiger partial charge in [-0.3, -0.25) is 4.79 Å². The summed E-state index contributed by atoms with van der Waals surface area (Å²) in [4.78, 5) is 23.1. The Labute approximate surface area is 145 Å². The van der Waals surface area contributed by atoms with Crippen LogP contribution in [0.4, 0.5) is 4.39 Å². The van der Waals surface area contributed by atoms with E-state index >= 15 is 0 Å². The summed E-state index contributed by atoms with van der Waals surface area (Å²) in [5.41, 5.74) is 1.00. The highest BCUT2D eigenvalue weighted by Crippen LogP contribution is 2.23. The van der Waals surface area contributed by atoms with Crippen LogP contribution >= 0.6 is 0 Å². The van der Waals surface area contributed by atoms with Gasteiger partial charge in [0.1, 0.15) is 11.6 Å². The number of hydrogen-bond donors (Lipinski definition) is 3. The zero-order valence-electron chi connectivity index (χ0n) is 13.8. The molecule has 0 fully saturated rings. The monoisotopic (exact) mass is 345 g/mol. The Bertz CT molecular complexity index is 758. The number of unbranched alkanes of at least 4 members (excludes halogenated alkanes) is 1. The molecule has 1 aliphatic rings. The van der Waals surface area contributed by atoms with Crippen molar-refractivity contribution in [3.05, 3.63) is 40.8 Å². The summed E-state index contributed by atoms with van der Waals surface area (Å²) in [6.45, 7) is 0. The minimum atomic E-state index is -0.975. The molecule has 0 saturated heterocycles.